The Hall–Kier alpha value is -3.92. The summed E-state index contributed by atoms with van der Waals surface area (Å²) in [6.07, 6.45) is 0. The zero-order valence-corrected chi connectivity index (χ0v) is 23.3. The Balaban J connectivity index is 0.00000441. The molecule has 4 rings (SSSR count). The summed E-state index contributed by atoms with van der Waals surface area (Å²) in [6, 6.07) is 13.4. The molecular formula is C24H20FeN4O9S2. The summed E-state index contributed by atoms with van der Waals surface area (Å²) >= 11 is 0. The van der Waals surface area contributed by atoms with E-state index in [1.807, 2.05) is 0 Å². The molecule has 13 nitrogen and oxygen atoms in total. The molecule has 40 heavy (non-hydrogen) atoms. The fourth-order valence-corrected chi connectivity index (χ4v) is 4.64. The molecule has 0 bridgehead atoms. The van der Waals surface area contributed by atoms with Gasteiger partial charge in [0.05, 0.1) is 23.4 Å². The molecule has 0 saturated heterocycles. The SMILES string of the molecule is COc1ccc(N=Nc2cc(O)c(N=Nc3c(O)c(S(=O)(=O)O)cc4cc(S(=O)(=O)O)ccc34)cc2C)cc1.[Fe]. The second kappa shape index (κ2) is 11.7. The van der Waals surface area contributed by atoms with E-state index in [1.54, 1.807) is 31.2 Å². The number of benzene rings is 4. The van der Waals surface area contributed by atoms with Gasteiger partial charge in [-0.2, -0.15) is 27.1 Å². The smallest absolute Gasteiger partial charge is 0.298 e. The summed E-state index contributed by atoms with van der Waals surface area (Å²) in [7, 11) is -8.08. The molecule has 0 fully saturated rings. The molecule has 0 atom stereocenters. The first-order chi connectivity index (χ1) is 18.3. The van der Waals surface area contributed by atoms with Crippen molar-refractivity contribution in [3.8, 4) is 17.2 Å². The number of phenolic OH excluding ortho intramolecular Hbond substituents is 2. The third-order valence-corrected chi connectivity index (χ3v) is 7.21. The van der Waals surface area contributed by atoms with Crippen molar-refractivity contribution in [3.05, 3.63) is 66.2 Å². The van der Waals surface area contributed by atoms with Crippen molar-refractivity contribution in [2.75, 3.05) is 7.11 Å². The summed E-state index contributed by atoms with van der Waals surface area (Å²) in [6.45, 7) is 1.67. The molecule has 4 aromatic carbocycles. The molecule has 16 heteroatoms. The van der Waals surface area contributed by atoms with E-state index in [0.29, 0.717) is 22.7 Å². The maximum absolute atomic E-state index is 11.8. The summed E-state index contributed by atoms with van der Waals surface area (Å²) in [5.41, 5.74) is 0.883. The van der Waals surface area contributed by atoms with E-state index < -0.39 is 41.5 Å². The number of aromatic hydroxyl groups is 2. The van der Waals surface area contributed by atoms with Gasteiger partial charge in [-0.15, -0.1) is 10.2 Å². The molecule has 0 unspecified atom stereocenters. The average Bonchev–Trinajstić information content (AvgIpc) is 2.87. The van der Waals surface area contributed by atoms with Gasteiger partial charge in [0, 0.05) is 28.5 Å². The normalized spacial score (nSPS) is 12.2. The van der Waals surface area contributed by atoms with Gasteiger partial charge in [0.15, 0.2) is 5.75 Å². The molecule has 0 saturated carbocycles. The maximum atomic E-state index is 11.8. The number of nitrogens with zero attached hydrogens (tertiary/aromatic N) is 4. The Morgan fingerprint density at radius 3 is 2.00 bits per heavy atom. The second-order valence-electron chi connectivity index (χ2n) is 8.13. The Morgan fingerprint density at radius 2 is 1.40 bits per heavy atom. The molecule has 4 N–H and O–H groups in total. The molecule has 0 aliphatic rings. The van der Waals surface area contributed by atoms with Crippen molar-refractivity contribution in [2.24, 2.45) is 20.5 Å². The fourth-order valence-electron chi connectivity index (χ4n) is 3.51. The minimum absolute atomic E-state index is 0. The van der Waals surface area contributed by atoms with Gasteiger partial charge in [0.2, 0.25) is 0 Å². The average molecular weight is 628 g/mol. The van der Waals surface area contributed by atoms with Gasteiger partial charge in [0.1, 0.15) is 27.8 Å². The van der Waals surface area contributed by atoms with Crippen molar-refractivity contribution in [1.82, 2.24) is 0 Å². The van der Waals surface area contributed by atoms with E-state index in [4.69, 9.17) is 4.74 Å². The Labute approximate surface area is 238 Å². The molecule has 0 radical (unpaired) electrons. The number of phenols is 2. The maximum Gasteiger partial charge on any atom is 0.298 e. The van der Waals surface area contributed by atoms with E-state index in [1.165, 1.54) is 19.2 Å². The van der Waals surface area contributed by atoms with Gasteiger partial charge < -0.3 is 14.9 Å². The van der Waals surface area contributed by atoms with Crippen LogP contribution in [-0.2, 0) is 37.3 Å². The Morgan fingerprint density at radius 1 is 0.750 bits per heavy atom. The standard InChI is InChI=1S/C24H20N4O9S2.Fe/c1-13-9-20(21(29)12-19(13)26-25-15-3-5-16(37-2)6-4-15)27-28-23-18-8-7-17(38(31,32)33)10-14(18)11-22(24(23)30)39(34,35)36;/h3-12,29-30H,1-2H3,(H,31,32,33)(H,34,35,36);. The van der Waals surface area contributed by atoms with Gasteiger partial charge in [0.25, 0.3) is 20.2 Å². The van der Waals surface area contributed by atoms with Crippen LogP contribution in [0.4, 0.5) is 22.7 Å². The van der Waals surface area contributed by atoms with Crippen LogP contribution in [-0.4, -0.2) is 43.3 Å². The summed E-state index contributed by atoms with van der Waals surface area (Å²) < 4.78 is 70.7. The van der Waals surface area contributed by atoms with Gasteiger partial charge in [-0.25, -0.2) is 0 Å². The second-order valence-corrected chi connectivity index (χ2v) is 10.9. The number of methoxy groups -OCH3 is 1. The molecule has 0 amide bonds. The number of rotatable bonds is 7. The van der Waals surface area contributed by atoms with Crippen LogP contribution < -0.4 is 4.74 Å². The first-order valence-corrected chi connectivity index (χ1v) is 13.7. The van der Waals surface area contributed by atoms with Crippen LogP contribution >= 0.6 is 0 Å². The fraction of sp³-hybridized carbons (Fsp3) is 0.0833. The monoisotopic (exact) mass is 628 g/mol. The molecule has 210 valence electrons. The van der Waals surface area contributed by atoms with Gasteiger partial charge in [-0.3, -0.25) is 9.11 Å². The minimum atomic E-state index is -4.98. The molecule has 0 heterocycles. The minimum Gasteiger partial charge on any atom is -0.506 e. The van der Waals surface area contributed by atoms with Crippen LogP contribution in [0.2, 0.25) is 0 Å². The Bertz CT molecular complexity index is 1880. The summed E-state index contributed by atoms with van der Waals surface area (Å²) in [5, 5.41) is 37.0. The number of ether oxygens (including phenoxy) is 1. The van der Waals surface area contributed by atoms with Gasteiger partial charge >= 0.3 is 0 Å². The predicted molar refractivity (Wildman–Crippen MR) is 139 cm³/mol. The molecule has 4 aromatic rings. The van der Waals surface area contributed by atoms with Crippen molar-refractivity contribution in [3.63, 3.8) is 0 Å². The molecule has 0 spiro atoms. The van der Waals surface area contributed by atoms with Crippen LogP contribution in [0.5, 0.6) is 17.2 Å². The number of hydrogen-bond donors (Lipinski definition) is 4. The van der Waals surface area contributed by atoms with Crippen LogP contribution in [0.15, 0.2) is 90.9 Å². The molecule has 0 aliphatic heterocycles. The van der Waals surface area contributed by atoms with Gasteiger partial charge in [-0.05, 0) is 66.4 Å². The first kappa shape index (κ1) is 30.6. The van der Waals surface area contributed by atoms with Gasteiger partial charge in [-0.1, -0.05) is 6.07 Å². The van der Waals surface area contributed by atoms with E-state index in [2.05, 4.69) is 20.5 Å². The van der Waals surface area contributed by atoms with Crippen LogP contribution in [0, 0.1) is 6.92 Å². The molecule has 0 aromatic heterocycles. The van der Waals surface area contributed by atoms with E-state index >= 15 is 0 Å². The quantitative estimate of drug-likeness (QED) is 0.109. The molecule has 0 aliphatic carbocycles. The van der Waals surface area contributed by atoms with E-state index in [0.717, 1.165) is 24.3 Å². The summed E-state index contributed by atoms with van der Waals surface area (Å²) in [4.78, 5) is -1.52. The van der Waals surface area contributed by atoms with Crippen LogP contribution in [0.1, 0.15) is 5.56 Å². The van der Waals surface area contributed by atoms with Crippen LogP contribution in [0.25, 0.3) is 10.8 Å². The van der Waals surface area contributed by atoms with Crippen molar-refractivity contribution in [1.29, 1.82) is 0 Å². The zero-order valence-electron chi connectivity index (χ0n) is 20.6. The van der Waals surface area contributed by atoms with Crippen molar-refractivity contribution in [2.45, 2.75) is 16.7 Å². The molecular weight excluding hydrogens is 608 g/mol. The number of hydrogen-bond acceptors (Lipinski definition) is 11. The number of fused-ring (bicyclic) bond motifs is 1. The Kier molecular flexibility index (Phi) is 8.93. The van der Waals surface area contributed by atoms with E-state index in [-0.39, 0.29) is 39.3 Å². The number of azo groups is 2. The topological polar surface area (TPSA) is 208 Å². The van der Waals surface area contributed by atoms with E-state index in [9.17, 15) is 36.2 Å². The predicted octanol–water partition coefficient (Wildman–Crippen LogP) is 5.89. The first-order valence-electron chi connectivity index (χ1n) is 10.8. The third kappa shape index (κ3) is 6.62. The van der Waals surface area contributed by atoms with Crippen molar-refractivity contribution >= 4 is 53.8 Å². The third-order valence-electron chi connectivity index (χ3n) is 5.49. The van der Waals surface area contributed by atoms with Crippen molar-refractivity contribution < 1.29 is 58.0 Å². The number of aryl methyl sites for hydroxylation is 1. The summed E-state index contributed by atoms with van der Waals surface area (Å²) in [5.74, 6) is -0.678. The zero-order chi connectivity index (χ0) is 28.5. The largest absolute Gasteiger partial charge is 0.506 e. The van der Waals surface area contributed by atoms with Crippen LogP contribution in [0.3, 0.4) is 0 Å².